The van der Waals surface area contributed by atoms with Crippen LogP contribution in [0.3, 0.4) is 0 Å². The molecular weight excluding hydrogens is 675 g/mol. The molecule has 252 valence electrons. The molecule has 0 aliphatic carbocycles. The first-order valence-electron chi connectivity index (χ1n) is 12.6. The molecule has 2 unspecified atom stereocenters. The molecule has 46 heavy (non-hydrogen) atoms. The van der Waals surface area contributed by atoms with Gasteiger partial charge in [0.15, 0.2) is 0 Å². The maximum Gasteiger partial charge on any atom is 0.460 e. The summed E-state index contributed by atoms with van der Waals surface area (Å²) in [5, 5.41) is 0.820. The number of imide groups is 1. The molecule has 2 aromatic rings. The van der Waals surface area contributed by atoms with Gasteiger partial charge in [0.05, 0.1) is 17.8 Å². The maximum atomic E-state index is 14.8. The van der Waals surface area contributed by atoms with Crippen LogP contribution in [0.5, 0.6) is 0 Å². The molecule has 6 nitrogen and oxygen atoms in total. The van der Waals surface area contributed by atoms with Gasteiger partial charge >= 0.3 is 47.7 Å². The number of piperazine rings is 1. The molecule has 3 saturated heterocycles. The Morgan fingerprint density at radius 3 is 1.78 bits per heavy atom. The molecular formula is C25H14F15N3O3. The number of halogens is 15. The average Bonchev–Trinajstić information content (AvgIpc) is 3.62. The van der Waals surface area contributed by atoms with E-state index in [4.69, 9.17) is 0 Å². The first-order valence-corrected chi connectivity index (χ1v) is 12.6. The van der Waals surface area contributed by atoms with Gasteiger partial charge in [-0.05, 0) is 17.9 Å². The van der Waals surface area contributed by atoms with Gasteiger partial charge in [-0.2, -0.15) is 65.9 Å². The fourth-order valence-electron chi connectivity index (χ4n) is 5.80. The van der Waals surface area contributed by atoms with Crippen molar-refractivity contribution in [2.75, 3.05) is 11.4 Å². The van der Waals surface area contributed by atoms with Gasteiger partial charge in [-0.25, -0.2) is 9.69 Å². The van der Waals surface area contributed by atoms with Crippen molar-refractivity contribution in [1.82, 2.24) is 9.80 Å². The number of urea groups is 1. The highest BCUT2D eigenvalue weighted by Crippen LogP contribution is 2.62. The third-order valence-electron chi connectivity index (χ3n) is 8.13. The number of rotatable bonds is 7. The van der Waals surface area contributed by atoms with Crippen LogP contribution in [-0.2, 0) is 9.59 Å². The van der Waals surface area contributed by atoms with Crippen LogP contribution in [0.25, 0.3) is 10.8 Å². The van der Waals surface area contributed by atoms with Crippen LogP contribution < -0.4 is 4.90 Å². The van der Waals surface area contributed by atoms with Crippen molar-refractivity contribution >= 4 is 34.3 Å². The Kier molecular flexibility index (Phi) is 6.94. The third-order valence-corrected chi connectivity index (χ3v) is 8.13. The Bertz CT molecular complexity index is 1620. The van der Waals surface area contributed by atoms with E-state index in [2.05, 4.69) is 0 Å². The lowest BCUT2D eigenvalue weighted by atomic mass is 9.90. The molecule has 21 heteroatoms. The standard InChI is InChI=1S/C25H14F15N3O3/c26-19(27,20(28,29)21(30,31)22(32,33)23(34,35)24(36,37)25(38,39)40)17(45)41-9-11-8-14(41)15-16(44)43(18(46)42(11)15)13-7-3-5-10-4-1-2-6-12(10)13/h1-7,11,14-15H,8-9H2/t11-,14?,15?/m1/s1. The van der Waals surface area contributed by atoms with Crippen molar-refractivity contribution in [3.63, 3.8) is 0 Å². The lowest BCUT2D eigenvalue weighted by Crippen LogP contribution is -2.74. The summed E-state index contributed by atoms with van der Waals surface area (Å²) in [6.45, 7) is -1.20. The smallest absolute Gasteiger partial charge is 0.330 e. The minimum Gasteiger partial charge on any atom is -0.330 e. The van der Waals surface area contributed by atoms with Gasteiger partial charge in [0.2, 0.25) is 0 Å². The van der Waals surface area contributed by atoms with Crippen LogP contribution in [0.4, 0.5) is 76.3 Å². The van der Waals surface area contributed by atoms with Crippen LogP contribution >= 0.6 is 0 Å². The first-order chi connectivity index (χ1) is 20.8. The SMILES string of the molecule is O=C1C2C3C[C@H](CN3C(=O)C(F)(F)C(F)(F)C(F)(F)C(F)(F)C(F)(F)C(F)(F)C(F)(F)F)N2C(=O)N1c1cccc2ccccc12. The van der Waals surface area contributed by atoms with Crippen molar-refractivity contribution in [3.05, 3.63) is 42.5 Å². The van der Waals surface area contributed by atoms with E-state index in [9.17, 15) is 80.2 Å². The number of carbonyl (C=O) groups excluding carboxylic acids is 3. The van der Waals surface area contributed by atoms with E-state index < -0.39 is 90.6 Å². The largest absolute Gasteiger partial charge is 0.460 e. The number of nitrogens with zero attached hydrogens (tertiary/aromatic N) is 3. The summed E-state index contributed by atoms with van der Waals surface area (Å²) in [5.41, 5.74) is -0.0462. The number of alkyl halides is 15. The van der Waals surface area contributed by atoms with E-state index in [-0.39, 0.29) is 10.6 Å². The van der Waals surface area contributed by atoms with Gasteiger partial charge < -0.3 is 9.80 Å². The zero-order chi connectivity index (χ0) is 34.8. The summed E-state index contributed by atoms with van der Waals surface area (Å²) in [4.78, 5) is 40.1. The highest BCUT2D eigenvalue weighted by molar-refractivity contribution is 6.25. The molecule has 3 atom stereocenters. The van der Waals surface area contributed by atoms with E-state index in [0.29, 0.717) is 15.7 Å². The summed E-state index contributed by atoms with van der Waals surface area (Å²) in [6, 6.07) is 4.08. The van der Waals surface area contributed by atoms with Crippen molar-refractivity contribution < 1.29 is 80.2 Å². The molecule has 0 N–H and O–H groups in total. The quantitative estimate of drug-likeness (QED) is 0.252. The molecule has 0 radical (unpaired) electrons. The highest BCUT2D eigenvalue weighted by Gasteiger charge is 2.94. The highest BCUT2D eigenvalue weighted by atomic mass is 19.4. The van der Waals surface area contributed by atoms with E-state index in [1.54, 1.807) is 18.2 Å². The molecule has 5 rings (SSSR count). The molecule has 3 fully saturated rings. The lowest BCUT2D eigenvalue weighted by Gasteiger charge is -2.42. The molecule has 4 amide bonds. The Morgan fingerprint density at radius 2 is 1.20 bits per heavy atom. The van der Waals surface area contributed by atoms with E-state index in [1.165, 1.54) is 24.3 Å². The second-order valence-electron chi connectivity index (χ2n) is 10.7. The van der Waals surface area contributed by atoms with E-state index >= 15 is 0 Å². The molecule has 0 spiro atoms. The summed E-state index contributed by atoms with van der Waals surface area (Å²) < 4.78 is 205. The van der Waals surface area contributed by atoms with Gasteiger partial charge in [-0.3, -0.25) is 9.59 Å². The predicted octanol–water partition coefficient (Wildman–Crippen LogP) is 6.33. The van der Waals surface area contributed by atoms with Gasteiger partial charge in [0, 0.05) is 11.9 Å². The number of amides is 4. The minimum absolute atomic E-state index is 0.0462. The Labute approximate surface area is 245 Å². The molecule has 0 aromatic heterocycles. The van der Waals surface area contributed by atoms with Gasteiger partial charge in [-0.15, -0.1) is 0 Å². The average molecular weight is 689 g/mol. The summed E-state index contributed by atoms with van der Waals surface area (Å²) in [6.07, 6.45) is -8.36. The number of likely N-dealkylation sites (tertiary alicyclic amines) is 1. The van der Waals surface area contributed by atoms with Crippen molar-refractivity contribution in [1.29, 1.82) is 0 Å². The fraction of sp³-hybridized carbons (Fsp3) is 0.480. The van der Waals surface area contributed by atoms with Crippen LogP contribution in [0.2, 0.25) is 0 Å². The van der Waals surface area contributed by atoms with Gasteiger partial charge in [-0.1, -0.05) is 36.4 Å². The van der Waals surface area contributed by atoms with Crippen LogP contribution in [0.1, 0.15) is 6.42 Å². The maximum absolute atomic E-state index is 14.8. The van der Waals surface area contributed by atoms with Crippen LogP contribution in [-0.4, -0.2) is 94.0 Å². The number of anilines is 1. The zero-order valence-electron chi connectivity index (χ0n) is 21.9. The molecule has 0 saturated carbocycles. The summed E-state index contributed by atoms with van der Waals surface area (Å²) >= 11 is 0. The van der Waals surface area contributed by atoms with Gasteiger partial charge in [0.1, 0.15) is 6.04 Å². The normalized spacial score (nSPS) is 23.2. The molecule has 3 aliphatic rings. The lowest BCUT2D eigenvalue weighted by molar-refractivity contribution is -0.450. The van der Waals surface area contributed by atoms with Crippen molar-refractivity contribution in [2.24, 2.45) is 0 Å². The van der Waals surface area contributed by atoms with E-state index in [0.717, 1.165) is 4.90 Å². The topological polar surface area (TPSA) is 60.9 Å². The third kappa shape index (κ3) is 3.91. The number of benzene rings is 2. The molecule has 2 bridgehead atoms. The fourth-order valence-corrected chi connectivity index (χ4v) is 5.80. The molecule has 3 aliphatic heterocycles. The Balaban J connectivity index is 1.46. The Morgan fingerprint density at radius 1 is 0.674 bits per heavy atom. The second kappa shape index (κ2) is 9.55. The Hall–Kier alpha value is -3.94. The van der Waals surface area contributed by atoms with Crippen molar-refractivity contribution in [2.45, 2.75) is 66.3 Å². The van der Waals surface area contributed by atoms with E-state index in [1.807, 2.05) is 0 Å². The van der Waals surface area contributed by atoms with Crippen LogP contribution in [0.15, 0.2) is 42.5 Å². The first kappa shape index (κ1) is 33.4. The zero-order valence-corrected chi connectivity index (χ0v) is 21.9. The number of carbonyl (C=O) groups is 3. The molecule has 3 heterocycles. The van der Waals surface area contributed by atoms with Gasteiger partial charge in [0.25, 0.3) is 11.8 Å². The predicted molar refractivity (Wildman–Crippen MR) is 122 cm³/mol. The summed E-state index contributed by atoms with van der Waals surface area (Å²) in [5.74, 6) is -53.4. The van der Waals surface area contributed by atoms with Crippen LogP contribution in [0, 0.1) is 0 Å². The minimum atomic E-state index is -8.54. The second-order valence-corrected chi connectivity index (χ2v) is 10.7. The summed E-state index contributed by atoms with van der Waals surface area (Å²) in [7, 11) is 0. The number of hydrogen-bond donors (Lipinski definition) is 0. The number of hydrogen-bond acceptors (Lipinski definition) is 3. The monoisotopic (exact) mass is 689 g/mol. The van der Waals surface area contributed by atoms with Crippen molar-refractivity contribution in [3.8, 4) is 0 Å². The molecule has 2 aromatic carbocycles. The number of fused-ring (bicyclic) bond motifs is 6.